The number of hydrogen-bond acceptors (Lipinski definition) is 3. The minimum absolute atomic E-state index is 0.0783. The van der Waals surface area contributed by atoms with Gasteiger partial charge in [-0.25, -0.2) is 0 Å². The van der Waals surface area contributed by atoms with E-state index in [2.05, 4.69) is 25.2 Å². The van der Waals surface area contributed by atoms with Gasteiger partial charge in [0.15, 0.2) is 0 Å². The molecule has 18 heavy (non-hydrogen) atoms. The van der Waals surface area contributed by atoms with Gasteiger partial charge < -0.3 is 14.8 Å². The van der Waals surface area contributed by atoms with Crippen LogP contribution in [0.4, 0.5) is 0 Å². The Morgan fingerprint density at radius 3 is 2.94 bits per heavy atom. The van der Waals surface area contributed by atoms with Crippen molar-refractivity contribution in [2.75, 3.05) is 20.3 Å². The molecule has 100 valence electrons. The van der Waals surface area contributed by atoms with Gasteiger partial charge in [0.1, 0.15) is 5.75 Å². The van der Waals surface area contributed by atoms with Crippen LogP contribution in [0.5, 0.6) is 5.75 Å². The molecule has 2 atom stereocenters. The summed E-state index contributed by atoms with van der Waals surface area (Å²) in [6.45, 7) is 6.11. The van der Waals surface area contributed by atoms with Crippen LogP contribution in [-0.4, -0.2) is 25.8 Å². The van der Waals surface area contributed by atoms with Crippen molar-refractivity contribution in [2.24, 2.45) is 0 Å². The topological polar surface area (TPSA) is 30.5 Å². The summed E-state index contributed by atoms with van der Waals surface area (Å²) < 4.78 is 11.4. The summed E-state index contributed by atoms with van der Waals surface area (Å²) in [6, 6.07) is 8.09. The van der Waals surface area contributed by atoms with Gasteiger partial charge in [0.25, 0.3) is 0 Å². The molecule has 1 fully saturated rings. The number of benzene rings is 1. The molecule has 0 aliphatic carbocycles. The molecular formula is C15H23NO2. The SMILES string of the molecule is CCC1(C)CCOC(c2ccccc2OC)CN1. The Kier molecular flexibility index (Phi) is 4.25. The van der Waals surface area contributed by atoms with Crippen LogP contribution in [-0.2, 0) is 4.74 Å². The van der Waals surface area contributed by atoms with Crippen molar-refractivity contribution in [3.8, 4) is 5.75 Å². The Bertz CT molecular complexity index is 394. The molecule has 0 spiro atoms. The van der Waals surface area contributed by atoms with E-state index in [1.807, 2.05) is 18.2 Å². The van der Waals surface area contributed by atoms with Crippen molar-refractivity contribution in [1.29, 1.82) is 0 Å². The fourth-order valence-electron chi connectivity index (χ4n) is 2.35. The first-order chi connectivity index (χ1) is 8.68. The van der Waals surface area contributed by atoms with Crippen LogP contribution < -0.4 is 10.1 Å². The summed E-state index contributed by atoms with van der Waals surface area (Å²) in [7, 11) is 1.71. The summed E-state index contributed by atoms with van der Waals surface area (Å²) in [4.78, 5) is 0. The van der Waals surface area contributed by atoms with E-state index in [1.165, 1.54) is 0 Å². The number of ether oxygens (including phenoxy) is 2. The highest BCUT2D eigenvalue weighted by atomic mass is 16.5. The van der Waals surface area contributed by atoms with Crippen LogP contribution in [0.3, 0.4) is 0 Å². The molecule has 0 bridgehead atoms. The minimum atomic E-state index is 0.0783. The fraction of sp³-hybridized carbons (Fsp3) is 0.600. The maximum Gasteiger partial charge on any atom is 0.124 e. The van der Waals surface area contributed by atoms with Gasteiger partial charge in [-0.3, -0.25) is 0 Å². The zero-order valence-corrected chi connectivity index (χ0v) is 11.5. The van der Waals surface area contributed by atoms with E-state index in [4.69, 9.17) is 9.47 Å². The van der Waals surface area contributed by atoms with Gasteiger partial charge in [-0.2, -0.15) is 0 Å². The molecule has 2 unspecified atom stereocenters. The average Bonchev–Trinajstić information content (AvgIpc) is 2.61. The van der Waals surface area contributed by atoms with Crippen molar-refractivity contribution in [1.82, 2.24) is 5.32 Å². The van der Waals surface area contributed by atoms with E-state index >= 15 is 0 Å². The maximum absolute atomic E-state index is 5.99. The summed E-state index contributed by atoms with van der Waals surface area (Å²) in [6.07, 6.45) is 2.25. The van der Waals surface area contributed by atoms with E-state index in [0.717, 1.165) is 37.3 Å². The molecule has 3 nitrogen and oxygen atoms in total. The van der Waals surface area contributed by atoms with E-state index in [1.54, 1.807) is 7.11 Å². The third-order valence-electron chi connectivity index (χ3n) is 3.95. The van der Waals surface area contributed by atoms with Crippen molar-refractivity contribution in [3.63, 3.8) is 0 Å². The van der Waals surface area contributed by atoms with Gasteiger partial charge in [0, 0.05) is 24.3 Å². The fourth-order valence-corrected chi connectivity index (χ4v) is 2.35. The van der Waals surface area contributed by atoms with Gasteiger partial charge in [-0.15, -0.1) is 0 Å². The van der Waals surface area contributed by atoms with Crippen LogP contribution in [0.15, 0.2) is 24.3 Å². The largest absolute Gasteiger partial charge is 0.496 e. The van der Waals surface area contributed by atoms with Gasteiger partial charge in [0.05, 0.1) is 13.2 Å². The van der Waals surface area contributed by atoms with Gasteiger partial charge in [0.2, 0.25) is 0 Å². The maximum atomic E-state index is 5.99. The lowest BCUT2D eigenvalue weighted by molar-refractivity contribution is 0.0636. The molecule has 1 N–H and O–H groups in total. The van der Waals surface area contributed by atoms with Crippen LogP contribution in [0.2, 0.25) is 0 Å². The van der Waals surface area contributed by atoms with E-state index in [9.17, 15) is 0 Å². The lowest BCUT2D eigenvalue weighted by atomic mass is 9.95. The first-order valence-electron chi connectivity index (χ1n) is 6.68. The number of methoxy groups -OCH3 is 1. The van der Waals surface area contributed by atoms with E-state index in [0.29, 0.717) is 0 Å². The molecule has 0 radical (unpaired) electrons. The van der Waals surface area contributed by atoms with Crippen LogP contribution >= 0.6 is 0 Å². The quantitative estimate of drug-likeness (QED) is 0.893. The summed E-state index contributed by atoms with van der Waals surface area (Å²) >= 11 is 0. The predicted molar refractivity (Wildman–Crippen MR) is 73.0 cm³/mol. The predicted octanol–water partition coefficient (Wildman–Crippen LogP) is 2.91. The molecule has 0 aromatic heterocycles. The first kappa shape index (κ1) is 13.4. The molecule has 1 aromatic carbocycles. The Balaban J connectivity index is 2.14. The van der Waals surface area contributed by atoms with Crippen LogP contribution in [0, 0.1) is 0 Å². The number of para-hydroxylation sites is 1. The Morgan fingerprint density at radius 2 is 2.22 bits per heavy atom. The molecule has 2 rings (SSSR count). The van der Waals surface area contributed by atoms with E-state index < -0.39 is 0 Å². The number of rotatable bonds is 3. The smallest absolute Gasteiger partial charge is 0.124 e. The Morgan fingerprint density at radius 1 is 1.44 bits per heavy atom. The highest BCUT2D eigenvalue weighted by Gasteiger charge is 2.28. The van der Waals surface area contributed by atoms with Gasteiger partial charge in [-0.1, -0.05) is 25.1 Å². The highest BCUT2D eigenvalue weighted by molar-refractivity contribution is 5.35. The number of nitrogens with one attached hydrogen (secondary N) is 1. The standard InChI is InChI=1S/C15H23NO2/c1-4-15(2)9-10-18-14(11-16-15)12-7-5-6-8-13(12)17-3/h5-8,14,16H,4,9-11H2,1-3H3. The van der Waals surface area contributed by atoms with Crippen molar-refractivity contribution < 1.29 is 9.47 Å². The second-order valence-corrected chi connectivity index (χ2v) is 5.15. The number of hydrogen-bond donors (Lipinski definition) is 1. The summed E-state index contributed by atoms with van der Waals surface area (Å²) in [5.41, 5.74) is 1.32. The highest BCUT2D eigenvalue weighted by Crippen LogP contribution is 2.30. The molecule has 0 amide bonds. The third kappa shape index (κ3) is 2.85. The molecule has 1 aromatic rings. The second kappa shape index (κ2) is 5.72. The lowest BCUT2D eigenvalue weighted by Crippen LogP contribution is -2.42. The Hall–Kier alpha value is -1.06. The monoisotopic (exact) mass is 249 g/mol. The van der Waals surface area contributed by atoms with E-state index in [-0.39, 0.29) is 11.6 Å². The van der Waals surface area contributed by atoms with Crippen molar-refractivity contribution in [3.05, 3.63) is 29.8 Å². The molecule has 0 saturated carbocycles. The van der Waals surface area contributed by atoms with Crippen molar-refractivity contribution >= 4 is 0 Å². The Labute approximate surface area is 109 Å². The summed E-state index contributed by atoms with van der Waals surface area (Å²) in [5, 5.41) is 3.63. The molecule has 1 heterocycles. The lowest BCUT2D eigenvalue weighted by Gasteiger charge is -2.27. The minimum Gasteiger partial charge on any atom is -0.496 e. The molecule has 1 saturated heterocycles. The third-order valence-corrected chi connectivity index (χ3v) is 3.95. The zero-order valence-electron chi connectivity index (χ0n) is 11.5. The average molecular weight is 249 g/mol. The molecular weight excluding hydrogens is 226 g/mol. The first-order valence-corrected chi connectivity index (χ1v) is 6.68. The molecule has 3 heteroatoms. The van der Waals surface area contributed by atoms with Crippen LogP contribution in [0.25, 0.3) is 0 Å². The van der Waals surface area contributed by atoms with Crippen LogP contribution in [0.1, 0.15) is 38.4 Å². The second-order valence-electron chi connectivity index (χ2n) is 5.15. The normalized spacial score (nSPS) is 28.7. The van der Waals surface area contributed by atoms with Crippen molar-refractivity contribution in [2.45, 2.75) is 38.3 Å². The van der Waals surface area contributed by atoms with Gasteiger partial charge >= 0.3 is 0 Å². The zero-order chi connectivity index (χ0) is 13.0. The van der Waals surface area contributed by atoms with Gasteiger partial charge in [-0.05, 0) is 25.8 Å². The molecule has 1 aliphatic heterocycles. The molecule has 1 aliphatic rings. The summed E-state index contributed by atoms with van der Waals surface area (Å²) in [5.74, 6) is 0.907.